The summed E-state index contributed by atoms with van der Waals surface area (Å²) in [4.78, 5) is 27.5. The molecule has 1 saturated heterocycles. The van der Waals surface area contributed by atoms with Crippen molar-refractivity contribution in [2.75, 3.05) is 39.9 Å². The van der Waals surface area contributed by atoms with Crippen molar-refractivity contribution >= 4 is 11.8 Å². The van der Waals surface area contributed by atoms with Gasteiger partial charge in [0.05, 0.1) is 0 Å². The summed E-state index contributed by atoms with van der Waals surface area (Å²) in [5, 5.41) is 0. The maximum absolute atomic E-state index is 12.4. The second kappa shape index (κ2) is 7.19. The number of piperazine rings is 1. The zero-order chi connectivity index (χ0) is 15.2. The molecular formula is C15H21N3O3. The number of nitrogens with zero attached hydrogens (tertiary/aromatic N) is 2. The molecule has 1 fully saturated rings. The van der Waals surface area contributed by atoms with Crippen molar-refractivity contribution in [3.63, 3.8) is 0 Å². The summed E-state index contributed by atoms with van der Waals surface area (Å²) in [5.74, 6) is -0.142. The fourth-order valence-corrected chi connectivity index (χ4v) is 2.39. The smallest absolute Gasteiger partial charge is 0.248 e. The molecule has 2 amide bonds. The lowest BCUT2D eigenvalue weighted by atomic mass is 10.1. The average molecular weight is 291 g/mol. The highest BCUT2D eigenvalue weighted by atomic mass is 16.5. The molecule has 1 aliphatic rings. The van der Waals surface area contributed by atoms with Crippen LogP contribution in [-0.2, 0) is 14.3 Å². The number of methoxy groups -OCH3 is 1. The van der Waals surface area contributed by atoms with Gasteiger partial charge in [0.15, 0.2) is 0 Å². The van der Waals surface area contributed by atoms with Gasteiger partial charge < -0.3 is 20.3 Å². The van der Waals surface area contributed by atoms with E-state index in [2.05, 4.69) is 0 Å². The molecule has 1 aliphatic heterocycles. The largest absolute Gasteiger partial charge is 0.375 e. The molecule has 0 spiro atoms. The molecule has 21 heavy (non-hydrogen) atoms. The summed E-state index contributed by atoms with van der Waals surface area (Å²) < 4.78 is 4.84. The quantitative estimate of drug-likeness (QED) is 0.847. The van der Waals surface area contributed by atoms with Crippen LogP contribution in [0.5, 0.6) is 0 Å². The van der Waals surface area contributed by atoms with Gasteiger partial charge in [0.1, 0.15) is 12.6 Å². The third kappa shape index (κ3) is 3.80. The highest BCUT2D eigenvalue weighted by Crippen LogP contribution is 2.14. The average Bonchev–Trinajstić information content (AvgIpc) is 2.54. The Morgan fingerprint density at radius 2 is 1.71 bits per heavy atom. The van der Waals surface area contributed by atoms with Gasteiger partial charge in [-0.05, 0) is 5.56 Å². The molecule has 0 aromatic heterocycles. The number of benzene rings is 1. The van der Waals surface area contributed by atoms with Crippen molar-refractivity contribution < 1.29 is 14.3 Å². The van der Waals surface area contributed by atoms with Gasteiger partial charge in [0, 0.05) is 33.3 Å². The zero-order valence-electron chi connectivity index (χ0n) is 12.2. The Balaban J connectivity index is 1.90. The number of ether oxygens (including phenoxy) is 1. The lowest BCUT2D eigenvalue weighted by Gasteiger charge is -2.35. The summed E-state index contributed by atoms with van der Waals surface area (Å²) >= 11 is 0. The lowest BCUT2D eigenvalue weighted by Crippen LogP contribution is -2.53. The Bertz CT molecular complexity index is 484. The first-order valence-corrected chi connectivity index (χ1v) is 6.99. The van der Waals surface area contributed by atoms with Crippen molar-refractivity contribution in [2.24, 2.45) is 5.73 Å². The molecule has 2 rings (SSSR count). The van der Waals surface area contributed by atoms with Gasteiger partial charge in [0.25, 0.3) is 0 Å². The lowest BCUT2D eigenvalue weighted by molar-refractivity contribution is -0.142. The molecule has 6 heteroatoms. The van der Waals surface area contributed by atoms with Crippen LogP contribution < -0.4 is 5.73 Å². The Morgan fingerprint density at radius 1 is 1.14 bits per heavy atom. The highest BCUT2D eigenvalue weighted by molar-refractivity contribution is 5.83. The Hall–Kier alpha value is -1.92. The van der Waals surface area contributed by atoms with E-state index in [1.165, 1.54) is 7.11 Å². The Labute approximate surface area is 124 Å². The first kappa shape index (κ1) is 15.5. The fraction of sp³-hybridized carbons (Fsp3) is 0.467. The van der Waals surface area contributed by atoms with E-state index in [9.17, 15) is 9.59 Å². The number of hydrogen-bond acceptors (Lipinski definition) is 4. The second-order valence-corrected chi connectivity index (χ2v) is 5.03. The summed E-state index contributed by atoms with van der Waals surface area (Å²) in [6.45, 7) is 2.14. The number of carbonyl (C=O) groups is 2. The van der Waals surface area contributed by atoms with Crippen molar-refractivity contribution in [3.05, 3.63) is 35.9 Å². The van der Waals surface area contributed by atoms with E-state index in [0.29, 0.717) is 26.2 Å². The summed E-state index contributed by atoms with van der Waals surface area (Å²) in [5.41, 5.74) is 6.83. The fourth-order valence-electron chi connectivity index (χ4n) is 2.39. The van der Waals surface area contributed by atoms with Crippen molar-refractivity contribution in [1.82, 2.24) is 9.80 Å². The first-order chi connectivity index (χ1) is 10.1. The van der Waals surface area contributed by atoms with E-state index >= 15 is 0 Å². The van der Waals surface area contributed by atoms with Gasteiger partial charge in [-0.1, -0.05) is 30.3 Å². The van der Waals surface area contributed by atoms with Crippen molar-refractivity contribution in [3.8, 4) is 0 Å². The third-order valence-corrected chi connectivity index (χ3v) is 3.64. The van der Waals surface area contributed by atoms with E-state index in [1.54, 1.807) is 9.80 Å². The minimum absolute atomic E-state index is 0.0445. The van der Waals surface area contributed by atoms with Gasteiger partial charge in [-0.25, -0.2) is 0 Å². The normalized spacial score (nSPS) is 16.7. The van der Waals surface area contributed by atoms with Crippen LogP contribution in [0, 0.1) is 0 Å². The summed E-state index contributed by atoms with van der Waals surface area (Å²) in [6.07, 6.45) is 0. The van der Waals surface area contributed by atoms with Gasteiger partial charge in [-0.3, -0.25) is 9.59 Å². The minimum atomic E-state index is -0.646. The van der Waals surface area contributed by atoms with Crippen molar-refractivity contribution in [1.29, 1.82) is 0 Å². The molecule has 0 radical (unpaired) electrons. The summed E-state index contributed by atoms with van der Waals surface area (Å²) in [7, 11) is 1.50. The molecule has 114 valence electrons. The predicted octanol–water partition coefficient (Wildman–Crippen LogP) is 0.00360. The molecule has 1 aromatic rings. The van der Waals surface area contributed by atoms with Gasteiger partial charge in [-0.15, -0.1) is 0 Å². The van der Waals surface area contributed by atoms with Crippen molar-refractivity contribution in [2.45, 2.75) is 6.04 Å². The van der Waals surface area contributed by atoms with Crippen LogP contribution in [-0.4, -0.2) is 61.5 Å². The van der Waals surface area contributed by atoms with Crippen LogP contribution >= 0.6 is 0 Å². The number of hydrogen-bond donors (Lipinski definition) is 1. The van der Waals surface area contributed by atoms with E-state index < -0.39 is 6.04 Å². The van der Waals surface area contributed by atoms with Crippen LogP contribution in [0.3, 0.4) is 0 Å². The van der Waals surface area contributed by atoms with Gasteiger partial charge >= 0.3 is 0 Å². The molecule has 1 atom stereocenters. The van der Waals surface area contributed by atoms with Crippen LogP contribution in [0.2, 0.25) is 0 Å². The van der Waals surface area contributed by atoms with E-state index in [0.717, 1.165) is 5.56 Å². The van der Waals surface area contributed by atoms with Gasteiger partial charge in [-0.2, -0.15) is 0 Å². The molecule has 6 nitrogen and oxygen atoms in total. The molecule has 2 N–H and O–H groups in total. The number of nitrogens with two attached hydrogens (primary N) is 1. The second-order valence-electron chi connectivity index (χ2n) is 5.03. The molecule has 1 heterocycles. The SMILES string of the molecule is COCC(=O)N1CCN(C(=O)[C@@H](N)c2ccccc2)CC1. The monoisotopic (exact) mass is 291 g/mol. The van der Waals surface area contributed by atoms with E-state index in [-0.39, 0.29) is 18.4 Å². The minimum Gasteiger partial charge on any atom is -0.375 e. The summed E-state index contributed by atoms with van der Waals surface area (Å²) in [6, 6.07) is 8.67. The molecule has 0 unspecified atom stereocenters. The molecule has 0 bridgehead atoms. The molecular weight excluding hydrogens is 270 g/mol. The molecule has 0 saturated carbocycles. The number of amides is 2. The van der Waals surface area contributed by atoms with Crippen LogP contribution in [0.15, 0.2) is 30.3 Å². The standard InChI is InChI=1S/C15H21N3O3/c1-21-11-13(19)17-7-9-18(10-8-17)15(20)14(16)12-5-3-2-4-6-12/h2-6,14H,7-11,16H2,1H3/t14-/m0/s1. The van der Waals surface area contributed by atoms with Crippen LogP contribution in [0.1, 0.15) is 11.6 Å². The van der Waals surface area contributed by atoms with Crippen LogP contribution in [0.25, 0.3) is 0 Å². The number of rotatable bonds is 4. The Kier molecular flexibility index (Phi) is 5.30. The molecule has 0 aliphatic carbocycles. The number of carbonyl (C=O) groups excluding carboxylic acids is 2. The van der Waals surface area contributed by atoms with E-state index in [1.807, 2.05) is 30.3 Å². The van der Waals surface area contributed by atoms with E-state index in [4.69, 9.17) is 10.5 Å². The van der Waals surface area contributed by atoms with Gasteiger partial charge in [0.2, 0.25) is 11.8 Å². The zero-order valence-corrected chi connectivity index (χ0v) is 12.2. The highest BCUT2D eigenvalue weighted by Gasteiger charge is 2.27. The predicted molar refractivity (Wildman–Crippen MR) is 78.4 cm³/mol. The molecule has 1 aromatic carbocycles. The topological polar surface area (TPSA) is 75.9 Å². The Morgan fingerprint density at radius 3 is 2.29 bits per heavy atom. The first-order valence-electron chi connectivity index (χ1n) is 6.99. The van der Waals surface area contributed by atoms with Crippen LogP contribution in [0.4, 0.5) is 0 Å². The maximum Gasteiger partial charge on any atom is 0.248 e. The maximum atomic E-state index is 12.4. The third-order valence-electron chi connectivity index (χ3n) is 3.64.